The molecule has 0 atom stereocenters. The molecule has 3 rings (SSSR count). The van der Waals surface area contributed by atoms with Crippen LogP contribution < -0.4 is 5.32 Å². The molecule has 122 valence electrons. The summed E-state index contributed by atoms with van der Waals surface area (Å²) < 4.78 is 1.72. The molecule has 0 unspecified atom stereocenters. The second-order valence-electron chi connectivity index (χ2n) is 6.17. The van der Waals surface area contributed by atoms with Gasteiger partial charge in [-0.05, 0) is 30.9 Å². The van der Waals surface area contributed by atoms with Gasteiger partial charge in [-0.1, -0.05) is 24.3 Å². The second-order valence-corrected chi connectivity index (χ2v) is 6.17. The number of hydrogen-bond donors (Lipinski definition) is 1. The Morgan fingerprint density at radius 3 is 2.83 bits per heavy atom. The minimum Gasteiger partial charge on any atom is -0.352 e. The number of nitrogens with zero attached hydrogens (tertiary/aromatic N) is 3. The van der Waals surface area contributed by atoms with Crippen LogP contribution in [-0.2, 0) is 20.0 Å². The molecule has 1 aromatic carbocycles. The molecule has 1 aliphatic heterocycles. The van der Waals surface area contributed by atoms with Crippen LogP contribution in [0.5, 0.6) is 0 Å². The van der Waals surface area contributed by atoms with E-state index in [4.69, 9.17) is 0 Å². The van der Waals surface area contributed by atoms with Gasteiger partial charge in [0.1, 0.15) is 0 Å². The van der Waals surface area contributed by atoms with E-state index in [0.29, 0.717) is 12.1 Å². The molecule has 0 saturated carbocycles. The van der Waals surface area contributed by atoms with Gasteiger partial charge in [0.2, 0.25) is 0 Å². The summed E-state index contributed by atoms with van der Waals surface area (Å²) in [4.78, 5) is 14.6. The van der Waals surface area contributed by atoms with Crippen LogP contribution in [0.15, 0.2) is 30.5 Å². The van der Waals surface area contributed by atoms with Crippen molar-refractivity contribution in [2.75, 3.05) is 19.6 Å². The second kappa shape index (κ2) is 6.96. The Hall–Kier alpha value is -2.14. The molecule has 2 aromatic rings. The van der Waals surface area contributed by atoms with Crippen LogP contribution in [0.3, 0.4) is 0 Å². The molecule has 5 heteroatoms. The van der Waals surface area contributed by atoms with Crippen LogP contribution in [0.4, 0.5) is 0 Å². The third kappa shape index (κ3) is 3.62. The largest absolute Gasteiger partial charge is 0.352 e. The van der Waals surface area contributed by atoms with Crippen molar-refractivity contribution in [3.05, 3.63) is 52.8 Å². The van der Waals surface area contributed by atoms with Crippen molar-refractivity contribution in [3.63, 3.8) is 0 Å². The van der Waals surface area contributed by atoms with Crippen LogP contribution in [0, 0.1) is 6.92 Å². The first kappa shape index (κ1) is 15.7. The number of carbonyl (C=O) groups excluding carboxylic acids is 1. The molecule has 5 nitrogen and oxygen atoms in total. The van der Waals surface area contributed by atoms with Crippen LogP contribution in [0.2, 0.25) is 0 Å². The van der Waals surface area contributed by atoms with Gasteiger partial charge in [0.25, 0.3) is 5.91 Å². The van der Waals surface area contributed by atoms with Crippen LogP contribution in [-0.4, -0.2) is 40.2 Å². The summed E-state index contributed by atoms with van der Waals surface area (Å²) in [6.45, 7) is 5.75. The molecule has 0 aliphatic carbocycles. The topological polar surface area (TPSA) is 50.2 Å². The first-order valence-electron chi connectivity index (χ1n) is 8.21. The molecule has 1 aliphatic rings. The molecule has 0 fully saturated rings. The van der Waals surface area contributed by atoms with Crippen molar-refractivity contribution in [1.29, 1.82) is 0 Å². The van der Waals surface area contributed by atoms with Gasteiger partial charge in [-0.25, -0.2) is 0 Å². The van der Waals surface area contributed by atoms with Gasteiger partial charge < -0.3 is 5.32 Å². The van der Waals surface area contributed by atoms with Crippen molar-refractivity contribution in [2.24, 2.45) is 7.05 Å². The lowest BCUT2D eigenvalue weighted by Gasteiger charge is -2.28. The van der Waals surface area contributed by atoms with Crippen LogP contribution in [0.1, 0.15) is 33.6 Å². The van der Waals surface area contributed by atoms with Gasteiger partial charge in [-0.3, -0.25) is 14.4 Å². The average molecular weight is 312 g/mol. The van der Waals surface area contributed by atoms with E-state index in [1.54, 1.807) is 10.9 Å². The van der Waals surface area contributed by atoms with Crippen molar-refractivity contribution in [1.82, 2.24) is 20.0 Å². The third-order valence-electron chi connectivity index (χ3n) is 4.63. The number of rotatable bonds is 5. The normalized spacial score (nSPS) is 14.5. The molecule has 0 saturated heterocycles. The predicted octanol–water partition coefficient (Wildman–Crippen LogP) is 1.91. The molecule has 2 heterocycles. The van der Waals surface area contributed by atoms with E-state index in [9.17, 15) is 4.79 Å². The summed E-state index contributed by atoms with van der Waals surface area (Å²) >= 11 is 0. The van der Waals surface area contributed by atoms with Crippen molar-refractivity contribution >= 4 is 5.91 Å². The Labute approximate surface area is 137 Å². The highest BCUT2D eigenvalue weighted by molar-refractivity contribution is 5.94. The number of aryl methyl sites for hydroxylation is 1. The summed E-state index contributed by atoms with van der Waals surface area (Å²) in [7, 11) is 1.85. The minimum absolute atomic E-state index is 0.0282. The zero-order valence-corrected chi connectivity index (χ0v) is 13.9. The van der Waals surface area contributed by atoms with E-state index in [-0.39, 0.29) is 5.91 Å². The van der Waals surface area contributed by atoms with Gasteiger partial charge >= 0.3 is 0 Å². The first-order chi connectivity index (χ1) is 11.1. The summed E-state index contributed by atoms with van der Waals surface area (Å²) in [5, 5.41) is 7.10. The Morgan fingerprint density at radius 1 is 1.30 bits per heavy atom. The fourth-order valence-corrected chi connectivity index (χ4v) is 3.07. The highest BCUT2D eigenvalue weighted by Crippen LogP contribution is 2.18. The van der Waals surface area contributed by atoms with E-state index in [0.717, 1.165) is 38.2 Å². The fraction of sp³-hybridized carbons (Fsp3) is 0.444. The van der Waals surface area contributed by atoms with Gasteiger partial charge in [0, 0.05) is 38.9 Å². The average Bonchev–Trinajstić information content (AvgIpc) is 2.91. The maximum atomic E-state index is 12.1. The highest BCUT2D eigenvalue weighted by atomic mass is 16.1. The SMILES string of the molecule is Cc1c(C(=O)NCCCN2CCc3ccccc3C2)cnn1C. The summed E-state index contributed by atoms with van der Waals surface area (Å²) in [6, 6.07) is 8.67. The zero-order valence-electron chi connectivity index (χ0n) is 13.9. The maximum Gasteiger partial charge on any atom is 0.254 e. The van der Waals surface area contributed by atoms with E-state index < -0.39 is 0 Å². The van der Waals surface area contributed by atoms with Crippen LogP contribution in [0.25, 0.3) is 0 Å². The number of hydrogen-bond acceptors (Lipinski definition) is 3. The highest BCUT2D eigenvalue weighted by Gasteiger charge is 2.15. The first-order valence-corrected chi connectivity index (χ1v) is 8.21. The lowest BCUT2D eigenvalue weighted by atomic mass is 10.00. The van der Waals surface area contributed by atoms with E-state index in [2.05, 4.69) is 39.6 Å². The predicted molar refractivity (Wildman–Crippen MR) is 90.3 cm³/mol. The Balaban J connectivity index is 1.42. The lowest BCUT2D eigenvalue weighted by molar-refractivity contribution is 0.0950. The number of amides is 1. The lowest BCUT2D eigenvalue weighted by Crippen LogP contribution is -2.33. The van der Waals surface area contributed by atoms with Gasteiger partial charge in [-0.2, -0.15) is 5.10 Å². The van der Waals surface area contributed by atoms with Crippen molar-refractivity contribution in [2.45, 2.75) is 26.3 Å². The van der Waals surface area contributed by atoms with Crippen molar-refractivity contribution < 1.29 is 4.79 Å². The molecule has 23 heavy (non-hydrogen) atoms. The molecule has 0 radical (unpaired) electrons. The minimum atomic E-state index is -0.0282. The molecule has 1 aromatic heterocycles. The van der Waals surface area contributed by atoms with E-state index in [1.807, 2.05) is 14.0 Å². The summed E-state index contributed by atoms with van der Waals surface area (Å²) in [5.41, 5.74) is 4.48. The van der Waals surface area contributed by atoms with Crippen LogP contribution >= 0.6 is 0 Å². The number of carbonyl (C=O) groups is 1. The number of fused-ring (bicyclic) bond motifs is 1. The Morgan fingerprint density at radius 2 is 2.09 bits per heavy atom. The molecule has 1 amide bonds. The van der Waals surface area contributed by atoms with E-state index in [1.165, 1.54) is 11.1 Å². The zero-order chi connectivity index (χ0) is 16.2. The maximum absolute atomic E-state index is 12.1. The van der Waals surface area contributed by atoms with Crippen molar-refractivity contribution in [3.8, 4) is 0 Å². The molecular weight excluding hydrogens is 288 g/mol. The standard InChI is InChI=1S/C18H24N4O/c1-14-17(12-20-21(14)2)18(23)19-9-5-10-22-11-8-15-6-3-4-7-16(15)13-22/h3-4,6-7,12H,5,8-11,13H2,1-2H3,(H,19,23). The summed E-state index contributed by atoms with van der Waals surface area (Å²) in [6.07, 6.45) is 3.72. The van der Waals surface area contributed by atoms with Gasteiger partial charge in [0.05, 0.1) is 11.8 Å². The third-order valence-corrected chi connectivity index (χ3v) is 4.63. The molecule has 1 N–H and O–H groups in total. The molecule has 0 bridgehead atoms. The number of benzene rings is 1. The van der Waals surface area contributed by atoms with E-state index >= 15 is 0 Å². The quantitative estimate of drug-likeness (QED) is 0.858. The Bertz CT molecular complexity index is 692. The monoisotopic (exact) mass is 312 g/mol. The summed E-state index contributed by atoms with van der Waals surface area (Å²) in [5.74, 6) is -0.0282. The van der Waals surface area contributed by atoms with Gasteiger partial charge in [-0.15, -0.1) is 0 Å². The smallest absolute Gasteiger partial charge is 0.254 e. The fourth-order valence-electron chi connectivity index (χ4n) is 3.07. The molecular formula is C18H24N4O. The number of aromatic nitrogens is 2. The van der Waals surface area contributed by atoms with Gasteiger partial charge in [0.15, 0.2) is 0 Å². The molecule has 0 spiro atoms. The number of nitrogens with one attached hydrogen (secondary N) is 1. The Kier molecular flexibility index (Phi) is 4.76.